The van der Waals surface area contributed by atoms with Crippen molar-refractivity contribution in [2.75, 3.05) is 26.3 Å². The van der Waals surface area contributed by atoms with Gasteiger partial charge in [0.25, 0.3) is 0 Å². The minimum absolute atomic E-state index is 0.0489. The third-order valence-corrected chi connectivity index (χ3v) is 3.61. The molecule has 0 radical (unpaired) electrons. The van der Waals surface area contributed by atoms with Crippen LogP contribution in [0.3, 0.4) is 0 Å². The van der Waals surface area contributed by atoms with Gasteiger partial charge in [-0.2, -0.15) is 0 Å². The number of aldehydes is 1. The fourth-order valence-corrected chi connectivity index (χ4v) is 2.25. The van der Waals surface area contributed by atoms with E-state index in [1.54, 1.807) is 32.9 Å². The van der Waals surface area contributed by atoms with E-state index in [1.165, 1.54) is 0 Å². The van der Waals surface area contributed by atoms with Crippen LogP contribution in [0.25, 0.3) is 0 Å². The third kappa shape index (κ3) is 12.9. The predicted octanol–water partition coefficient (Wildman–Crippen LogP) is 1.53. The first-order valence-electron chi connectivity index (χ1n) is 9.94. The Labute approximate surface area is 182 Å². The van der Waals surface area contributed by atoms with Gasteiger partial charge in [-0.15, -0.1) is 0 Å². The standard InChI is InChI=1S/C21H31N3O7/c1-21(2,3)31-19(27)23-11-14-29-13-10-22-18(26)17(9-12-25)24-20(28)30-15-16-7-5-4-6-8-16/h4-8,12,17H,9-11,13-15H2,1-3H3,(H,22,26)(H,23,27)(H,24,28). The van der Waals surface area contributed by atoms with Gasteiger partial charge in [0.05, 0.1) is 13.2 Å². The third-order valence-electron chi connectivity index (χ3n) is 3.61. The summed E-state index contributed by atoms with van der Waals surface area (Å²) in [5.41, 5.74) is 0.224. The zero-order valence-electron chi connectivity index (χ0n) is 18.1. The molecular weight excluding hydrogens is 406 g/mol. The lowest BCUT2D eigenvalue weighted by Gasteiger charge is -2.19. The molecule has 172 valence electrons. The maximum absolute atomic E-state index is 12.2. The second-order valence-corrected chi connectivity index (χ2v) is 7.49. The number of rotatable bonds is 12. The highest BCUT2D eigenvalue weighted by molar-refractivity contribution is 5.87. The van der Waals surface area contributed by atoms with E-state index in [0.29, 0.717) is 6.29 Å². The van der Waals surface area contributed by atoms with Crippen molar-refractivity contribution in [3.05, 3.63) is 35.9 Å². The van der Waals surface area contributed by atoms with Crippen LogP contribution in [0.4, 0.5) is 9.59 Å². The summed E-state index contributed by atoms with van der Waals surface area (Å²) < 4.78 is 15.4. The van der Waals surface area contributed by atoms with Crippen LogP contribution >= 0.6 is 0 Å². The van der Waals surface area contributed by atoms with Gasteiger partial charge in [0.15, 0.2) is 0 Å². The van der Waals surface area contributed by atoms with Gasteiger partial charge in [-0.3, -0.25) is 4.79 Å². The highest BCUT2D eigenvalue weighted by atomic mass is 16.6. The Morgan fingerprint density at radius 1 is 1.00 bits per heavy atom. The van der Waals surface area contributed by atoms with Crippen LogP contribution in [-0.2, 0) is 30.4 Å². The van der Waals surface area contributed by atoms with Crippen LogP contribution in [0.5, 0.6) is 0 Å². The van der Waals surface area contributed by atoms with Gasteiger partial charge in [-0.25, -0.2) is 9.59 Å². The molecule has 10 heteroatoms. The normalized spacial score (nSPS) is 11.7. The summed E-state index contributed by atoms with van der Waals surface area (Å²) in [6.07, 6.45) is -0.977. The van der Waals surface area contributed by atoms with Crippen LogP contribution in [-0.4, -0.2) is 62.3 Å². The molecule has 0 spiro atoms. The van der Waals surface area contributed by atoms with Crippen molar-refractivity contribution in [1.82, 2.24) is 16.0 Å². The largest absolute Gasteiger partial charge is 0.445 e. The van der Waals surface area contributed by atoms with E-state index in [2.05, 4.69) is 16.0 Å². The summed E-state index contributed by atoms with van der Waals surface area (Å²) in [6, 6.07) is 8.02. The number of carbonyl (C=O) groups is 4. The summed E-state index contributed by atoms with van der Waals surface area (Å²) in [7, 11) is 0. The number of nitrogens with one attached hydrogen (secondary N) is 3. The second kappa shape index (κ2) is 14.0. The van der Waals surface area contributed by atoms with Gasteiger partial charge in [-0.1, -0.05) is 30.3 Å². The molecule has 1 aromatic rings. The Kier molecular flexibility index (Phi) is 11.7. The molecule has 1 rings (SSSR count). The van der Waals surface area contributed by atoms with Crippen LogP contribution in [0.1, 0.15) is 32.8 Å². The molecule has 0 aliphatic rings. The molecule has 0 heterocycles. The van der Waals surface area contributed by atoms with E-state index in [9.17, 15) is 19.2 Å². The maximum Gasteiger partial charge on any atom is 0.408 e. The Hall–Kier alpha value is -3.14. The number of hydrogen-bond acceptors (Lipinski definition) is 7. The van der Waals surface area contributed by atoms with Crippen molar-refractivity contribution in [2.45, 2.75) is 45.4 Å². The van der Waals surface area contributed by atoms with Gasteiger partial charge in [0, 0.05) is 19.5 Å². The van der Waals surface area contributed by atoms with Crippen LogP contribution in [0, 0.1) is 0 Å². The van der Waals surface area contributed by atoms with Gasteiger partial charge < -0.3 is 35.0 Å². The molecule has 1 atom stereocenters. The minimum atomic E-state index is -1.05. The van der Waals surface area contributed by atoms with Crippen molar-refractivity contribution in [2.24, 2.45) is 0 Å². The Morgan fingerprint density at radius 3 is 2.26 bits per heavy atom. The molecule has 0 fully saturated rings. The summed E-state index contributed by atoms with van der Waals surface area (Å²) in [6.45, 7) is 6.19. The zero-order valence-corrected chi connectivity index (χ0v) is 18.1. The molecule has 1 unspecified atom stereocenters. The molecule has 0 bridgehead atoms. The van der Waals surface area contributed by atoms with E-state index < -0.39 is 29.7 Å². The number of benzene rings is 1. The SMILES string of the molecule is CC(C)(C)OC(=O)NCCOCCNC(=O)C(CC=O)NC(=O)OCc1ccccc1. The number of carbonyl (C=O) groups excluding carboxylic acids is 4. The molecule has 10 nitrogen and oxygen atoms in total. The first-order chi connectivity index (χ1) is 14.7. The first-order valence-corrected chi connectivity index (χ1v) is 9.94. The molecule has 0 aliphatic carbocycles. The van der Waals surface area contributed by atoms with Crippen molar-refractivity contribution in [1.29, 1.82) is 0 Å². The fourth-order valence-electron chi connectivity index (χ4n) is 2.25. The van der Waals surface area contributed by atoms with E-state index in [1.807, 2.05) is 18.2 Å². The highest BCUT2D eigenvalue weighted by Gasteiger charge is 2.21. The van der Waals surface area contributed by atoms with Crippen molar-refractivity contribution in [3.8, 4) is 0 Å². The van der Waals surface area contributed by atoms with Gasteiger partial charge in [0.2, 0.25) is 5.91 Å². The fraction of sp³-hybridized carbons (Fsp3) is 0.524. The van der Waals surface area contributed by atoms with Crippen molar-refractivity contribution < 1.29 is 33.4 Å². The quantitative estimate of drug-likeness (QED) is 0.334. The molecule has 0 saturated carbocycles. The molecule has 1 aromatic carbocycles. The molecule has 3 amide bonds. The smallest absolute Gasteiger partial charge is 0.408 e. The molecule has 0 aliphatic heterocycles. The number of hydrogen-bond donors (Lipinski definition) is 3. The second-order valence-electron chi connectivity index (χ2n) is 7.49. The van der Waals surface area contributed by atoms with E-state index >= 15 is 0 Å². The van der Waals surface area contributed by atoms with Crippen molar-refractivity contribution >= 4 is 24.4 Å². The topological polar surface area (TPSA) is 132 Å². The Balaban J connectivity index is 2.22. The number of ether oxygens (including phenoxy) is 3. The van der Waals surface area contributed by atoms with E-state index in [-0.39, 0.29) is 39.3 Å². The molecule has 3 N–H and O–H groups in total. The molecular formula is C21H31N3O7. The predicted molar refractivity (Wildman–Crippen MR) is 112 cm³/mol. The van der Waals surface area contributed by atoms with Crippen LogP contribution < -0.4 is 16.0 Å². The highest BCUT2D eigenvalue weighted by Crippen LogP contribution is 2.06. The van der Waals surface area contributed by atoms with E-state index in [4.69, 9.17) is 14.2 Å². The molecule has 0 saturated heterocycles. The monoisotopic (exact) mass is 437 g/mol. The Bertz CT molecular complexity index is 705. The van der Waals surface area contributed by atoms with E-state index in [0.717, 1.165) is 5.56 Å². The lowest BCUT2D eigenvalue weighted by Crippen LogP contribution is -2.47. The van der Waals surface area contributed by atoms with Crippen LogP contribution in [0.2, 0.25) is 0 Å². The molecule has 31 heavy (non-hydrogen) atoms. The molecule has 0 aromatic heterocycles. The zero-order chi connectivity index (χ0) is 23.1. The van der Waals surface area contributed by atoms with Gasteiger partial charge in [0.1, 0.15) is 24.5 Å². The summed E-state index contributed by atoms with van der Waals surface area (Å²) in [4.78, 5) is 46.4. The van der Waals surface area contributed by atoms with Crippen LogP contribution in [0.15, 0.2) is 30.3 Å². The first kappa shape index (κ1) is 25.9. The minimum Gasteiger partial charge on any atom is -0.445 e. The summed E-state index contributed by atoms with van der Waals surface area (Å²) in [5.74, 6) is -0.528. The Morgan fingerprint density at radius 2 is 1.65 bits per heavy atom. The lowest BCUT2D eigenvalue weighted by atomic mass is 10.2. The summed E-state index contributed by atoms with van der Waals surface area (Å²) >= 11 is 0. The summed E-state index contributed by atoms with van der Waals surface area (Å²) in [5, 5.41) is 7.49. The lowest BCUT2D eigenvalue weighted by molar-refractivity contribution is -0.125. The number of alkyl carbamates (subject to hydrolysis) is 2. The maximum atomic E-state index is 12.2. The average molecular weight is 437 g/mol. The van der Waals surface area contributed by atoms with Gasteiger partial charge in [-0.05, 0) is 26.3 Å². The van der Waals surface area contributed by atoms with Gasteiger partial charge >= 0.3 is 12.2 Å². The number of amides is 3. The van der Waals surface area contributed by atoms with Crippen molar-refractivity contribution in [3.63, 3.8) is 0 Å². The average Bonchev–Trinajstić information content (AvgIpc) is 2.70.